The summed E-state index contributed by atoms with van der Waals surface area (Å²) in [6.45, 7) is 0.655. The third kappa shape index (κ3) is 4.61. The van der Waals surface area contributed by atoms with Crippen LogP contribution in [0.5, 0.6) is 0 Å². The molecule has 172 valence electrons. The molecule has 5 rings (SSSR count). The molecule has 3 aromatic rings. The number of oxazole rings is 1. The molecule has 2 fully saturated rings. The van der Waals surface area contributed by atoms with Crippen LogP contribution in [-0.2, 0) is 9.53 Å². The first-order valence-electron chi connectivity index (χ1n) is 11.3. The lowest BCUT2D eigenvalue weighted by Gasteiger charge is -2.25. The van der Waals surface area contributed by atoms with Crippen LogP contribution >= 0.6 is 11.6 Å². The monoisotopic (exact) mass is 467 g/mol. The second kappa shape index (κ2) is 9.15. The third-order valence-corrected chi connectivity index (χ3v) is 6.81. The number of carbonyl (C=O) groups excluding carboxylic acids is 2. The lowest BCUT2D eigenvalue weighted by Crippen LogP contribution is -2.41. The molecule has 7 nitrogen and oxygen atoms in total. The van der Waals surface area contributed by atoms with Crippen LogP contribution in [0.3, 0.4) is 0 Å². The molecule has 33 heavy (non-hydrogen) atoms. The van der Waals surface area contributed by atoms with Crippen molar-refractivity contribution in [3.05, 3.63) is 53.1 Å². The number of carbonyl (C=O) groups is 2. The van der Waals surface area contributed by atoms with Gasteiger partial charge in [-0.3, -0.25) is 9.59 Å². The first kappa shape index (κ1) is 21.9. The van der Waals surface area contributed by atoms with Crippen molar-refractivity contribution in [3.63, 3.8) is 0 Å². The molecule has 1 aliphatic carbocycles. The molecule has 1 saturated heterocycles. The molecular formula is C25H26ClN3O4. The Balaban J connectivity index is 1.21. The third-order valence-electron chi connectivity index (χ3n) is 6.57. The number of aromatic nitrogens is 1. The van der Waals surface area contributed by atoms with Gasteiger partial charge >= 0.3 is 0 Å². The van der Waals surface area contributed by atoms with E-state index in [2.05, 4.69) is 10.3 Å². The van der Waals surface area contributed by atoms with Gasteiger partial charge in [-0.05, 0) is 68.5 Å². The molecule has 2 aliphatic rings. The van der Waals surface area contributed by atoms with E-state index in [4.69, 9.17) is 20.8 Å². The Labute approximate surface area is 197 Å². The summed E-state index contributed by atoms with van der Waals surface area (Å²) in [4.78, 5) is 31.7. The summed E-state index contributed by atoms with van der Waals surface area (Å²) >= 11 is 6.02. The molecule has 1 aromatic heterocycles. The number of hydrogen-bond acceptors (Lipinski definition) is 5. The van der Waals surface area contributed by atoms with Crippen molar-refractivity contribution in [2.45, 2.75) is 50.3 Å². The second-order valence-electron chi connectivity index (χ2n) is 8.80. The van der Waals surface area contributed by atoms with Gasteiger partial charge in [-0.25, -0.2) is 4.98 Å². The quantitative estimate of drug-likeness (QED) is 0.599. The minimum absolute atomic E-state index is 0.0239. The largest absolute Gasteiger partial charge is 0.436 e. The Morgan fingerprint density at radius 1 is 1.12 bits per heavy atom. The van der Waals surface area contributed by atoms with E-state index in [0.717, 1.165) is 43.2 Å². The zero-order valence-corrected chi connectivity index (χ0v) is 19.2. The number of rotatable bonds is 5. The number of nitrogens with zero attached hydrogens (tertiary/aromatic N) is 2. The van der Waals surface area contributed by atoms with Gasteiger partial charge in [0.05, 0.1) is 0 Å². The Morgan fingerprint density at radius 2 is 1.94 bits per heavy atom. The first-order valence-corrected chi connectivity index (χ1v) is 11.7. The number of benzene rings is 2. The number of hydrogen-bond donors (Lipinski definition) is 1. The second-order valence-corrected chi connectivity index (χ2v) is 9.23. The summed E-state index contributed by atoms with van der Waals surface area (Å²) in [7, 11) is 1.83. The number of fused-ring (bicyclic) bond motifs is 1. The Morgan fingerprint density at radius 3 is 2.70 bits per heavy atom. The number of amides is 2. The lowest BCUT2D eigenvalue weighted by atomic mass is 10.1. The van der Waals surface area contributed by atoms with Crippen molar-refractivity contribution in [1.82, 2.24) is 15.2 Å². The Hall–Kier alpha value is -2.90. The van der Waals surface area contributed by atoms with E-state index in [0.29, 0.717) is 28.7 Å². The predicted octanol–water partition coefficient (Wildman–Crippen LogP) is 4.44. The van der Waals surface area contributed by atoms with Crippen molar-refractivity contribution in [2.75, 3.05) is 13.7 Å². The number of ether oxygens (including phenoxy) is 1. The molecular weight excluding hydrogens is 442 g/mol. The van der Waals surface area contributed by atoms with Crippen LogP contribution in [-0.4, -0.2) is 53.5 Å². The normalized spacial score (nSPS) is 22.5. The number of nitrogens with one attached hydrogen (secondary N) is 1. The van der Waals surface area contributed by atoms with Gasteiger partial charge in [0, 0.05) is 48.0 Å². The van der Waals surface area contributed by atoms with Gasteiger partial charge in [0.2, 0.25) is 11.8 Å². The summed E-state index contributed by atoms with van der Waals surface area (Å²) < 4.78 is 11.3. The fourth-order valence-electron chi connectivity index (χ4n) is 4.67. The van der Waals surface area contributed by atoms with E-state index in [1.807, 2.05) is 25.2 Å². The first-order chi connectivity index (χ1) is 16.0. The minimum Gasteiger partial charge on any atom is -0.436 e. The van der Waals surface area contributed by atoms with E-state index in [1.165, 1.54) is 0 Å². The van der Waals surface area contributed by atoms with Gasteiger partial charge < -0.3 is 19.4 Å². The molecule has 2 aromatic carbocycles. The highest BCUT2D eigenvalue weighted by atomic mass is 35.5. The Bertz CT molecular complexity index is 1170. The highest BCUT2D eigenvalue weighted by molar-refractivity contribution is 6.31. The van der Waals surface area contributed by atoms with Crippen LogP contribution in [0.25, 0.3) is 22.6 Å². The molecule has 0 unspecified atom stereocenters. The van der Waals surface area contributed by atoms with Crippen molar-refractivity contribution >= 4 is 34.5 Å². The van der Waals surface area contributed by atoms with E-state index < -0.39 is 0 Å². The molecule has 0 bridgehead atoms. The van der Waals surface area contributed by atoms with Gasteiger partial charge in [0.1, 0.15) is 11.6 Å². The number of halogens is 1. The average Bonchev–Trinajstić information content (AvgIpc) is 3.58. The zero-order valence-electron chi connectivity index (χ0n) is 18.4. The molecule has 1 aliphatic heterocycles. The van der Waals surface area contributed by atoms with Crippen LogP contribution in [0.15, 0.2) is 46.9 Å². The zero-order chi connectivity index (χ0) is 22.9. The maximum Gasteiger partial charge on any atom is 0.253 e. The van der Waals surface area contributed by atoms with E-state index in [-0.39, 0.29) is 30.0 Å². The van der Waals surface area contributed by atoms with Gasteiger partial charge in [-0.1, -0.05) is 11.6 Å². The maximum atomic E-state index is 13.1. The van der Waals surface area contributed by atoms with Crippen molar-refractivity contribution in [3.8, 4) is 11.5 Å². The van der Waals surface area contributed by atoms with Gasteiger partial charge in [-0.15, -0.1) is 0 Å². The van der Waals surface area contributed by atoms with Crippen LogP contribution < -0.4 is 5.32 Å². The predicted molar refractivity (Wildman–Crippen MR) is 125 cm³/mol. The minimum atomic E-state index is -0.319. The summed E-state index contributed by atoms with van der Waals surface area (Å²) in [6.07, 6.45) is 3.88. The molecule has 2 heterocycles. The van der Waals surface area contributed by atoms with Crippen LogP contribution in [0.2, 0.25) is 5.02 Å². The van der Waals surface area contributed by atoms with Crippen LogP contribution in [0.1, 0.15) is 42.5 Å². The fourth-order valence-corrected chi connectivity index (χ4v) is 4.83. The van der Waals surface area contributed by atoms with Gasteiger partial charge in [0.15, 0.2) is 5.58 Å². The summed E-state index contributed by atoms with van der Waals surface area (Å²) in [5.74, 6) is 0.423. The van der Waals surface area contributed by atoms with E-state index in [1.54, 1.807) is 29.2 Å². The molecule has 8 heteroatoms. The highest BCUT2D eigenvalue weighted by Gasteiger charge is 2.33. The van der Waals surface area contributed by atoms with E-state index in [9.17, 15) is 9.59 Å². The SMILES string of the molecule is CN(C(=O)c1ccc(-c2nc3ccc(Cl)cc3o2)cc1)[C@@H]1CC[C@H](NC(=O)[C@@H]2CCCO2)C1. The van der Waals surface area contributed by atoms with Crippen molar-refractivity contribution in [1.29, 1.82) is 0 Å². The summed E-state index contributed by atoms with van der Waals surface area (Å²) in [5, 5.41) is 3.69. The summed E-state index contributed by atoms with van der Waals surface area (Å²) in [6, 6.07) is 12.8. The van der Waals surface area contributed by atoms with Crippen molar-refractivity contribution in [2.24, 2.45) is 0 Å². The molecule has 0 spiro atoms. The highest BCUT2D eigenvalue weighted by Crippen LogP contribution is 2.28. The molecule has 1 saturated carbocycles. The van der Waals surface area contributed by atoms with E-state index >= 15 is 0 Å². The van der Waals surface area contributed by atoms with Crippen LogP contribution in [0, 0.1) is 0 Å². The fraction of sp³-hybridized carbons (Fsp3) is 0.400. The topological polar surface area (TPSA) is 84.7 Å². The maximum absolute atomic E-state index is 13.1. The molecule has 2 amide bonds. The van der Waals surface area contributed by atoms with Gasteiger partial charge in [-0.2, -0.15) is 0 Å². The smallest absolute Gasteiger partial charge is 0.253 e. The van der Waals surface area contributed by atoms with Crippen molar-refractivity contribution < 1.29 is 18.7 Å². The van der Waals surface area contributed by atoms with Crippen LogP contribution in [0.4, 0.5) is 0 Å². The molecule has 3 atom stereocenters. The Kier molecular flexibility index (Phi) is 6.08. The standard InChI is InChI=1S/C25H26ClN3O4/c1-29(19-10-9-18(14-19)27-23(30)21-3-2-12-32-21)25(31)16-6-4-15(5-7-16)24-28-20-11-8-17(26)13-22(20)33-24/h4-8,11,13,18-19,21H,2-3,9-10,12,14H2,1H3,(H,27,30)/t18-,19+,21-/m0/s1. The lowest BCUT2D eigenvalue weighted by molar-refractivity contribution is -0.130. The molecule has 1 N–H and O–H groups in total. The summed E-state index contributed by atoms with van der Waals surface area (Å²) in [5.41, 5.74) is 2.75. The average molecular weight is 468 g/mol. The molecule has 0 radical (unpaired) electrons. The van der Waals surface area contributed by atoms with Gasteiger partial charge in [0.25, 0.3) is 5.91 Å².